The van der Waals surface area contributed by atoms with Crippen molar-refractivity contribution in [3.05, 3.63) is 41.9 Å². The van der Waals surface area contributed by atoms with E-state index in [-0.39, 0.29) is 28.3 Å². The van der Waals surface area contributed by atoms with Gasteiger partial charge in [-0.15, -0.1) is 0 Å². The van der Waals surface area contributed by atoms with Crippen LogP contribution in [0.5, 0.6) is 0 Å². The number of carbonyl (C=O) groups excluding carboxylic acids is 1. The van der Waals surface area contributed by atoms with Crippen molar-refractivity contribution in [2.24, 2.45) is 0 Å². The van der Waals surface area contributed by atoms with Crippen LogP contribution in [0.3, 0.4) is 0 Å². The first-order valence-corrected chi connectivity index (χ1v) is 8.21. The van der Waals surface area contributed by atoms with Crippen LogP contribution in [0.4, 0.5) is 14.6 Å². The van der Waals surface area contributed by atoms with Crippen molar-refractivity contribution in [2.45, 2.75) is 38.2 Å². The number of aromatic nitrogens is 3. The minimum absolute atomic E-state index is 0. The van der Waals surface area contributed by atoms with E-state index in [0.717, 1.165) is 5.56 Å². The molecule has 0 bridgehead atoms. The molecule has 0 saturated carbocycles. The Hall–Kier alpha value is -2.35. The average Bonchev–Trinajstić information content (AvgIpc) is 3.10. The molecule has 25 heavy (non-hydrogen) atoms. The van der Waals surface area contributed by atoms with Crippen LogP contribution in [0, 0.1) is 6.92 Å². The van der Waals surface area contributed by atoms with Crippen LogP contribution >= 0.6 is 0 Å². The number of anilines is 1. The highest BCUT2D eigenvalue weighted by Gasteiger charge is 2.47. The number of aromatic amines is 1. The van der Waals surface area contributed by atoms with Gasteiger partial charge in [-0.25, -0.2) is 13.8 Å². The zero-order valence-corrected chi connectivity index (χ0v) is 14.2. The Morgan fingerprint density at radius 2 is 2.28 bits per heavy atom. The largest absolute Gasteiger partial charge is 0.309 e. The Morgan fingerprint density at radius 3 is 2.92 bits per heavy atom. The third-order valence-electron chi connectivity index (χ3n) is 4.65. The molecule has 0 spiro atoms. The molecule has 1 aliphatic heterocycles. The second-order valence-corrected chi connectivity index (χ2v) is 6.46. The number of nitrogens with one attached hydrogen (secondary N) is 2. The first-order valence-electron chi connectivity index (χ1n) is 8.21. The van der Waals surface area contributed by atoms with Crippen molar-refractivity contribution >= 4 is 11.7 Å². The fourth-order valence-electron chi connectivity index (χ4n) is 3.00. The van der Waals surface area contributed by atoms with Crippen molar-refractivity contribution in [1.82, 2.24) is 20.1 Å². The maximum absolute atomic E-state index is 14.3. The number of hydrogen-bond acceptors (Lipinski definition) is 4. The minimum Gasteiger partial charge on any atom is -0.309 e. The maximum atomic E-state index is 14.3. The van der Waals surface area contributed by atoms with Gasteiger partial charge in [-0.1, -0.05) is 6.07 Å². The third kappa shape index (κ3) is 3.84. The number of hydrogen-bond donors (Lipinski definition) is 2. The summed E-state index contributed by atoms with van der Waals surface area (Å²) >= 11 is 0. The van der Waals surface area contributed by atoms with Crippen LogP contribution in [0.2, 0.25) is 0 Å². The Kier molecular flexibility index (Phi) is 4.80. The first-order chi connectivity index (χ1) is 11.9. The Balaban J connectivity index is 0.00000182. The third-order valence-corrected chi connectivity index (χ3v) is 4.65. The topological polar surface area (TPSA) is 73.9 Å². The molecule has 2 N–H and O–H groups in total. The lowest BCUT2D eigenvalue weighted by Gasteiger charge is -2.40. The van der Waals surface area contributed by atoms with Gasteiger partial charge in [0, 0.05) is 40.5 Å². The normalized spacial score (nSPS) is 21.7. The number of alkyl halides is 2. The molecular formula is C17H25F2N5O. The van der Waals surface area contributed by atoms with Gasteiger partial charge in [0.1, 0.15) is 5.82 Å². The van der Waals surface area contributed by atoms with Crippen LogP contribution < -0.4 is 5.32 Å². The summed E-state index contributed by atoms with van der Waals surface area (Å²) in [5.74, 6) is -3.63. The number of likely N-dealkylation sites (tertiary alicyclic amines) is 1. The van der Waals surface area contributed by atoms with Gasteiger partial charge in [0.25, 0.3) is 5.92 Å². The molecule has 0 aromatic carbocycles. The van der Waals surface area contributed by atoms with E-state index in [1.807, 2.05) is 13.0 Å². The highest BCUT2D eigenvalue weighted by Crippen LogP contribution is 2.40. The van der Waals surface area contributed by atoms with Crippen LogP contribution in [-0.2, 0) is 4.79 Å². The summed E-state index contributed by atoms with van der Waals surface area (Å²) in [6.45, 7) is 3.88. The van der Waals surface area contributed by atoms with E-state index in [0.29, 0.717) is 11.5 Å². The molecule has 8 heteroatoms. The van der Waals surface area contributed by atoms with Gasteiger partial charge in [0.05, 0.1) is 12.0 Å². The summed E-state index contributed by atoms with van der Waals surface area (Å²) in [5, 5.41) is 9.13. The number of carbonyl (C=O) groups is 1. The monoisotopic (exact) mass is 353 g/mol. The molecule has 1 fully saturated rings. The number of aryl methyl sites for hydroxylation is 1. The zero-order valence-electron chi connectivity index (χ0n) is 14.2. The van der Waals surface area contributed by atoms with E-state index in [1.165, 1.54) is 6.20 Å². The van der Waals surface area contributed by atoms with Crippen LogP contribution in [0.1, 0.15) is 33.4 Å². The molecular weight excluding hydrogens is 328 g/mol. The molecule has 1 saturated heterocycles. The second-order valence-electron chi connectivity index (χ2n) is 6.46. The Morgan fingerprint density at radius 1 is 1.48 bits per heavy atom. The summed E-state index contributed by atoms with van der Waals surface area (Å²) in [4.78, 5) is 18.4. The molecule has 0 aliphatic carbocycles. The van der Waals surface area contributed by atoms with E-state index in [2.05, 4.69) is 20.5 Å². The molecule has 2 aromatic heterocycles. The molecule has 6 nitrogen and oxygen atoms in total. The molecule has 1 aliphatic rings. The van der Waals surface area contributed by atoms with Crippen molar-refractivity contribution in [2.75, 3.05) is 18.4 Å². The van der Waals surface area contributed by atoms with Crippen LogP contribution in [-0.4, -0.2) is 51.0 Å². The SMILES string of the molecule is Cc1ccc(NC(=O)[C@H](C)N2CCC(F)(F)[C@H](c3ccn[nH]3)C2)nc1.[HH].[HH]. The fourth-order valence-corrected chi connectivity index (χ4v) is 3.00. The quantitative estimate of drug-likeness (QED) is 0.886. The summed E-state index contributed by atoms with van der Waals surface area (Å²) in [6, 6.07) is 4.59. The van der Waals surface area contributed by atoms with E-state index < -0.39 is 17.9 Å². The molecule has 2 aromatic rings. The van der Waals surface area contributed by atoms with E-state index in [4.69, 9.17) is 0 Å². The molecule has 2 atom stereocenters. The van der Waals surface area contributed by atoms with E-state index in [1.54, 1.807) is 30.2 Å². The average molecular weight is 353 g/mol. The predicted octanol–water partition coefficient (Wildman–Crippen LogP) is 3.06. The van der Waals surface area contributed by atoms with Gasteiger partial charge in [-0.3, -0.25) is 14.8 Å². The highest BCUT2D eigenvalue weighted by molar-refractivity contribution is 5.93. The van der Waals surface area contributed by atoms with Gasteiger partial charge in [-0.05, 0) is 31.5 Å². The zero-order chi connectivity index (χ0) is 18.0. The fraction of sp³-hybridized carbons (Fsp3) is 0.471. The number of pyridine rings is 1. The van der Waals surface area contributed by atoms with Gasteiger partial charge in [-0.2, -0.15) is 5.10 Å². The Bertz CT molecular complexity index is 727. The number of rotatable bonds is 4. The van der Waals surface area contributed by atoms with Crippen LogP contribution in [0.25, 0.3) is 0 Å². The highest BCUT2D eigenvalue weighted by atomic mass is 19.3. The number of nitrogens with zero attached hydrogens (tertiary/aromatic N) is 3. The maximum Gasteiger partial charge on any atom is 0.258 e. The number of H-pyrrole nitrogens is 1. The van der Waals surface area contributed by atoms with Gasteiger partial charge >= 0.3 is 0 Å². The van der Waals surface area contributed by atoms with E-state index >= 15 is 0 Å². The lowest BCUT2D eigenvalue weighted by atomic mass is 9.90. The standard InChI is InChI=1S/C17H21F2N5O.2H2/c1-11-3-4-15(20-9-11)22-16(25)12(2)24-8-6-17(18,19)13(10-24)14-5-7-21-23-14;;/h3-5,7,9,12-13H,6,8,10H2,1-2H3,(H,21,23)(H,20,22,25);2*1H/t12-,13-;;/m0../s1. The minimum atomic E-state index is -2.82. The van der Waals surface area contributed by atoms with Crippen LogP contribution in [0.15, 0.2) is 30.6 Å². The molecule has 0 unspecified atom stereocenters. The number of halogens is 2. The summed E-state index contributed by atoms with van der Waals surface area (Å²) in [6.07, 6.45) is 2.83. The first kappa shape index (κ1) is 17.5. The summed E-state index contributed by atoms with van der Waals surface area (Å²) in [7, 11) is 0. The Labute approximate surface area is 147 Å². The molecule has 3 heterocycles. The lowest BCUT2D eigenvalue weighted by molar-refractivity contribution is -0.125. The van der Waals surface area contributed by atoms with Gasteiger partial charge in [0.15, 0.2) is 0 Å². The smallest absolute Gasteiger partial charge is 0.258 e. The summed E-state index contributed by atoms with van der Waals surface area (Å²) < 4.78 is 28.5. The summed E-state index contributed by atoms with van der Waals surface area (Å²) in [5.41, 5.74) is 1.38. The molecule has 1 amide bonds. The van der Waals surface area contributed by atoms with Crippen molar-refractivity contribution in [3.8, 4) is 0 Å². The molecule has 138 valence electrons. The lowest BCUT2D eigenvalue weighted by Crippen LogP contribution is -2.52. The number of piperidine rings is 1. The predicted molar refractivity (Wildman–Crippen MR) is 93.8 cm³/mol. The second kappa shape index (κ2) is 6.87. The van der Waals surface area contributed by atoms with Gasteiger partial charge in [0.2, 0.25) is 5.91 Å². The van der Waals surface area contributed by atoms with E-state index in [9.17, 15) is 13.6 Å². The molecule has 0 radical (unpaired) electrons. The van der Waals surface area contributed by atoms with Crippen molar-refractivity contribution < 1.29 is 16.4 Å². The number of amides is 1. The van der Waals surface area contributed by atoms with Gasteiger partial charge < -0.3 is 5.32 Å². The molecule has 3 rings (SSSR count). The van der Waals surface area contributed by atoms with Crippen molar-refractivity contribution in [1.29, 1.82) is 0 Å². The van der Waals surface area contributed by atoms with Crippen molar-refractivity contribution in [3.63, 3.8) is 0 Å².